The molecule has 1 heterocycles. The normalized spacial score (nSPS) is 16.0. The minimum absolute atomic E-state index is 0.290. The van der Waals surface area contributed by atoms with Gasteiger partial charge in [0.15, 0.2) is 11.5 Å². The second-order valence-electron chi connectivity index (χ2n) is 5.14. The maximum Gasteiger partial charge on any atom is 0.293 e. The highest BCUT2D eigenvalue weighted by molar-refractivity contribution is 8.18. The van der Waals surface area contributed by atoms with Crippen LogP contribution in [0.2, 0.25) is 5.02 Å². The number of nitrogens with zero attached hydrogens (tertiary/aromatic N) is 1. The topological polar surface area (TPSA) is 65.1 Å². The van der Waals surface area contributed by atoms with Crippen LogP contribution in [0.15, 0.2) is 17.0 Å². The molecule has 1 saturated heterocycles. The summed E-state index contributed by atoms with van der Waals surface area (Å²) in [6.07, 6.45) is 2.20. The molecule has 0 N–H and O–H groups in total. The molecule has 1 fully saturated rings. The smallest absolute Gasteiger partial charge is 0.293 e. The Morgan fingerprint density at radius 3 is 2.64 bits per heavy atom. The van der Waals surface area contributed by atoms with Gasteiger partial charge in [0.1, 0.15) is 0 Å². The van der Waals surface area contributed by atoms with Crippen LogP contribution in [-0.4, -0.2) is 50.0 Å². The van der Waals surface area contributed by atoms with Crippen molar-refractivity contribution in [1.82, 2.24) is 4.90 Å². The van der Waals surface area contributed by atoms with Crippen LogP contribution in [0.25, 0.3) is 6.08 Å². The number of methoxy groups -OCH3 is 2. The molecular formula is C17H20ClNO5S. The number of rotatable bonds is 8. The summed E-state index contributed by atoms with van der Waals surface area (Å²) in [5.74, 6) is 0.715. The molecule has 8 heteroatoms. The molecule has 0 atom stereocenters. The standard InChI is InChI=1S/C17H20ClNO5S/c1-4-24-14-10-12(18)11(8-13(14)23-3)9-15-16(20)19(17(21)25-15)6-5-7-22-2/h8-10H,4-7H2,1-3H3/b15-9+. The van der Waals surface area contributed by atoms with E-state index < -0.39 is 0 Å². The number of hydrogen-bond donors (Lipinski definition) is 0. The van der Waals surface area contributed by atoms with Crippen LogP contribution in [0.3, 0.4) is 0 Å². The first kappa shape index (κ1) is 19.6. The molecule has 0 bridgehead atoms. The number of hydrogen-bond acceptors (Lipinski definition) is 6. The largest absolute Gasteiger partial charge is 0.493 e. The van der Waals surface area contributed by atoms with Gasteiger partial charge in [-0.25, -0.2) is 0 Å². The zero-order valence-corrected chi connectivity index (χ0v) is 15.9. The first-order valence-corrected chi connectivity index (χ1v) is 8.95. The van der Waals surface area contributed by atoms with Gasteiger partial charge in [0.25, 0.3) is 11.1 Å². The summed E-state index contributed by atoms with van der Waals surface area (Å²) >= 11 is 7.18. The summed E-state index contributed by atoms with van der Waals surface area (Å²) in [5.41, 5.74) is 0.587. The van der Waals surface area contributed by atoms with Crippen molar-refractivity contribution >= 4 is 40.6 Å². The number of amides is 2. The Balaban J connectivity index is 2.25. The molecule has 136 valence electrons. The molecule has 6 nitrogen and oxygen atoms in total. The van der Waals surface area contributed by atoms with Gasteiger partial charge in [-0.2, -0.15) is 0 Å². The summed E-state index contributed by atoms with van der Waals surface area (Å²) in [5, 5.41) is 0.122. The highest BCUT2D eigenvalue weighted by Gasteiger charge is 2.34. The quantitative estimate of drug-likeness (QED) is 0.500. The van der Waals surface area contributed by atoms with Crippen LogP contribution in [0.1, 0.15) is 18.9 Å². The van der Waals surface area contributed by atoms with Crippen molar-refractivity contribution in [3.63, 3.8) is 0 Å². The highest BCUT2D eigenvalue weighted by atomic mass is 35.5. The molecule has 0 aromatic heterocycles. The third-order valence-corrected chi connectivity index (χ3v) is 4.71. The van der Waals surface area contributed by atoms with E-state index in [0.29, 0.717) is 53.2 Å². The lowest BCUT2D eigenvalue weighted by Gasteiger charge is -2.12. The molecule has 0 radical (unpaired) electrons. The number of thioether (sulfide) groups is 1. The SMILES string of the molecule is CCOc1cc(Cl)c(/C=C2/SC(=O)N(CCCOC)C2=O)cc1OC. The van der Waals surface area contributed by atoms with E-state index >= 15 is 0 Å². The minimum atomic E-state index is -0.324. The van der Waals surface area contributed by atoms with Crippen molar-refractivity contribution in [3.05, 3.63) is 27.6 Å². The van der Waals surface area contributed by atoms with Gasteiger partial charge < -0.3 is 14.2 Å². The van der Waals surface area contributed by atoms with E-state index in [1.54, 1.807) is 25.3 Å². The number of carbonyl (C=O) groups excluding carboxylic acids is 2. The third kappa shape index (κ3) is 4.68. The Hall–Kier alpha value is -1.70. The number of benzene rings is 1. The zero-order chi connectivity index (χ0) is 18.4. The number of imide groups is 1. The lowest BCUT2D eigenvalue weighted by molar-refractivity contribution is -0.122. The first-order valence-electron chi connectivity index (χ1n) is 7.76. The molecule has 1 aromatic rings. The minimum Gasteiger partial charge on any atom is -0.493 e. The van der Waals surface area contributed by atoms with Crippen LogP contribution in [-0.2, 0) is 9.53 Å². The predicted octanol–water partition coefficient (Wildman–Crippen LogP) is 3.82. The van der Waals surface area contributed by atoms with Crippen LogP contribution in [0, 0.1) is 0 Å². The monoisotopic (exact) mass is 385 g/mol. The van der Waals surface area contributed by atoms with Crippen molar-refractivity contribution in [2.45, 2.75) is 13.3 Å². The van der Waals surface area contributed by atoms with Gasteiger partial charge in [0, 0.05) is 26.3 Å². The lowest BCUT2D eigenvalue weighted by Crippen LogP contribution is -2.29. The fraction of sp³-hybridized carbons (Fsp3) is 0.412. The maximum absolute atomic E-state index is 12.4. The van der Waals surface area contributed by atoms with Crippen LogP contribution < -0.4 is 9.47 Å². The van der Waals surface area contributed by atoms with Crippen molar-refractivity contribution < 1.29 is 23.8 Å². The van der Waals surface area contributed by atoms with Gasteiger partial charge in [0.05, 0.1) is 23.6 Å². The molecule has 25 heavy (non-hydrogen) atoms. The second kappa shape index (κ2) is 9.12. The third-order valence-electron chi connectivity index (χ3n) is 3.47. The Bertz CT molecular complexity index is 692. The number of carbonyl (C=O) groups is 2. The van der Waals surface area contributed by atoms with Crippen LogP contribution in [0.4, 0.5) is 4.79 Å². The number of halogens is 1. The fourth-order valence-corrected chi connectivity index (χ4v) is 3.35. The van der Waals surface area contributed by atoms with E-state index in [0.717, 1.165) is 11.8 Å². The van der Waals surface area contributed by atoms with Gasteiger partial charge in [0.2, 0.25) is 0 Å². The van der Waals surface area contributed by atoms with E-state index in [9.17, 15) is 9.59 Å². The Morgan fingerprint density at radius 1 is 1.24 bits per heavy atom. The molecule has 0 spiro atoms. The summed E-state index contributed by atoms with van der Waals surface area (Å²) in [6, 6.07) is 3.32. The average molecular weight is 386 g/mol. The highest BCUT2D eigenvalue weighted by Crippen LogP contribution is 2.37. The Labute approximate surface area is 156 Å². The van der Waals surface area contributed by atoms with E-state index in [1.807, 2.05) is 6.92 Å². The molecule has 1 aromatic carbocycles. The van der Waals surface area contributed by atoms with E-state index in [-0.39, 0.29) is 11.1 Å². The second-order valence-corrected chi connectivity index (χ2v) is 6.54. The molecule has 2 rings (SSSR count). The van der Waals surface area contributed by atoms with Crippen molar-refractivity contribution in [1.29, 1.82) is 0 Å². The molecule has 0 aliphatic carbocycles. The molecule has 0 saturated carbocycles. The van der Waals surface area contributed by atoms with Crippen LogP contribution in [0.5, 0.6) is 11.5 Å². The maximum atomic E-state index is 12.4. The predicted molar refractivity (Wildman–Crippen MR) is 98.3 cm³/mol. The van der Waals surface area contributed by atoms with Crippen LogP contribution >= 0.6 is 23.4 Å². The number of ether oxygens (including phenoxy) is 3. The van der Waals surface area contributed by atoms with Gasteiger partial charge in [-0.15, -0.1) is 0 Å². The summed E-state index contributed by atoms with van der Waals surface area (Å²) < 4.78 is 15.7. The first-order chi connectivity index (χ1) is 12.0. The van der Waals surface area contributed by atoms with Gasteiger partial charge in [-0.1, -0.05) is 11.6 Å². The summed E-state index contributed by atoms with van der Waals surface area (Å²) in [4.78, 5) is 26.0. The molecular weight excluding hydrogens is 366 g/mol. The van der Waals surface area contributed by atoms with Crippen molar-refractivity contribution in [2.75, 3.05) is 34.0 Å². The molecule has 1 aliphatic heterocycles. The average Bonchev–Trinajstić information content (AvgIpc) is 2.85. The van der Waals surface area contributed by atoms with Gasteiger partial charge in [-0.05, 0) is 42.8 Å². The van der Waals surface area contributed by atoms with Gasteiger partial charge in [-0.3, -0.25) is 14.5 Å². The Morgan fingerprint density at radius 2 is 2.00 bits per heavy atom. The Kier molecular flexibility index (Phi) is 7.16. The molecule has 0 unspecified atom stereocenters. The van der Waals surface area contributed by atoms with Gasteiger partial charge >= 0.3 is 0 Å². The lowest BCUT2D eigenvalue weighted by atomic mass is 10.1. The zero-order valence-electron chi connectivity index (χ0n) is 14.3. The van der Waals surface area contributed by atoms with E-state index in [4.69, 9.17) is 25.8 Å². The summed E-state index contributed by atoms with van der Waals surface area (Å²) in [6.45, 7) is 3.16. The fourth-order valence-electron chi connectivity index (χ4n) is 2.29. The summed E-state index contributed by atoms with van der Waals surface area (Å²) in [7, 11) is 3.11. The van der Waals surface area contributed by atoms with Crippen molar-refractivity contribution in [2.24, 2.45) is 0 Å². The molecule has 1 aliphatic rings. The molecule has 2 amide bonds. The van der Waals surface area contributed by atoms with E-state index in [1.165, 1.54) is 12.0 Å². The van der Waals surface area contributed by atoms with Crippen molar-refractivity contribution in [3.8, 4) is 11.5 Å². The van der Waals surface area contributed by atoms with E-state index in [2.05, 4.69) is 0 Å².